The quantitative estimate of drug-likeness (QED) is 0.746. The summed E-state index contributed by atoms with van der Waals surface area (Å²) in [6.45, 7) is 4.94. The van der Waals surface area contributed by atoms with E-state index in [1.165, 1.54) is 5.56 Å². The molecule has 1 aromatic heterocycles. The van der Waals surface area contributed by atoms with Gasteiger partial charge in [-0.05, 0) is 36.2 Å². The van der Waals surface area contributed by atoms with E-state index in [2.05, 4.69) is 40.2 Å². The first kappa shape index (κ1) is 18.4. The Balaban J connectivity index is 1.35. The minimum absolute atomic E-state index is 0.136. The van der Waals surface area contributed by atoms with Crippen LogP contribution < -0.4 is 0 Å². The summed E-state index contributed by atoms with van der Waals surface area (Å²) in [6, 6.07) is 18.9. The number of nitrogens with zero attached hydrogens (tertiary/aromatic N) is 2. The first-order valence-corrected chi connectivity index (χ1v) is 10.5. The van der Waals surface area contributed by atoms with Gasteiger partial charge in [0, 0.05) is 60.8 Å². The van der Waals surface area contributed by atoms with Crippen LogP contribution in [0.5, 0.6) is 0 Å². The Labute approximate surface area is 171 Å². The number of fused-ring (bicyclic) bond motifs is 2. The molecule has 1 amide bonds. The van der Waals surface area contributed by atoms with Crippen LogP contribution in [0.15, 0.2) is 60.8 Å². The zero-order chi connectivity index (χ0) is 19.6. The maximum Gasteiger partial charge on any atom is 0.253 e. The van der Waals surface area contributed by atoms with Crippen molar-refractivity contribution in [2.24, 2.45) is 5.92 Å². The molecule has 0 bridgehead atoms. The highest BCUT2D eigenvalue weighted by atomic mass is 16.5. The summed E-state index contributed by atoms with van der Waals surface area (Å²) in [6.07, 6.45) is 2.91. The molecule has 150 valence electrons. The second kappa shape index (κ2) is 8.01. The summed E-state index contributed by atoms with van der Waals surface area (Å²) < 4.78 is 5.90. The average Bonchev–Trinajstić information content (AvgIpc) is 3.15. The highest BCUT2D eigenvalue weighted by molar-refractivity contribution is 5.98. The average molecular weight is 389 g/mol. The molecule has 1 N–H and O–H groups in total. The lowest BCUT2D eigenvalue weighted by Gasteiger charge is -2.42. The molecule has 5 rings (SSSR count). The Morgan fingerprint density at radius 3 is 2.90 bits per heavy atom. The zero-order valence-electron chi connectivity index (χ0n) is 16.6. The summed E-state index contributed by atoms with van der Waals surface area (Å²) in [4.78, 5) is 21.0. The van der Waals surface area contributed by atoms with Crippen LogP contribution in [0.1, 0.15) is 22.3 Å². The lowest BCUT2D eigenvalue weighted by Crippen LogP contribution is -2.54. The summed E-state index contributed by atoms with van der Waals surface area (Å²) in [5.41, 5.74) is 3.15. The lowest BCUT2D eigenvalue weighted by atomic mass is 9.90. The molecule has 2 aliphatic heterocycles. The van der Waals surface area contributed by atoms with Crippen molar-refractivity contribution in [3.8, 4) is 0 Å². The Morgan fingerprint density at radius 1 is 1.10 bits per heavy atom. The van der Waals surface area contributed by atoms with Gasteiger partial charge in [-0.1, -0.05) is 30.3 Å². The number of amides is 1. The third kappa shape index (κ3) is 3.80. The number of carbonyl (C=O) groups is 1. The predicted molar refractivity (Wildman–Crippen MR) is 114 cm³/mol. The van der Waals surface area contributed by atoms with Crippen LogP contribution >= 0.6 is 0 Å². The van der Waals surface area contributed by atoms with Gasteiger partial charge < -0.3 is 14.6 Å². The number of H-pyrrole nitrogens is 1. The van der Waals surface area contributed by atoms with Gasteiger partial charge in [-0.3, -0.25) is 9.69 Å². The van der Waals surface area contributed by atoms with Crippen LogP contribution in [0, 0.1) is 5.92 Å². The van der Waals surface area contributed by atoms with Crippen molar-refractivity contribution >= 4 is 16.8 Å². The van der Waals surface area contributed by atoms with Gasteiger partial charge in [0.15, 0.2) is 0 Å². The molecule has 2 aliphatic rings. The van der Waals surface area contributed by atoms with Crippen molar-refractivity contribution in [1.29, 1.82) is 0 Å². The minimum atomic E-state index is 0.136. The van der Waals surface area contributed by atoms with E-state index < -0.39 is 0 Å². The number of rotatable bonds is 3. The smallest absolute Gasteiger partial charge is 0.253 e. The molecule has 5 heteroatoms. The van der Waals surface area contributed by atoms with E-state index in [-0.39, 0.29) is 5.91 Å². The standard InChI is InChI=1S/C24H27N3O2/c28-24(20-6-7-22-19(14-20)8-10-25-22)27-11-9-21-17-29-13-12-26(23(21)16-27)15-18-4-2-1-3-5-18/h1-8,10,14,21,23,25H,9,11-13,15-17H2/t21-,23-/m1/s1. The highest BCUT2D eigenvalue weighted by Gasteiger charge is 2.37. The van der Waals surface area contributed by atoms with E-state index in [1.807, 2.05) is 35.4 Å². The molecule has 0 unspecified atom stereocenters. The van der Waals surface area contributed by atoms with Crippen LogP contribution in [-0.2, 0) is 11.3 Å². The maximum atomic E-state index is 13.3. The molecule has 3 heterocycles. The van der Waals surface area contributed by atoms with Gasteiger partial charge in [-0.2, -0.15) is 0 Å². The second-order valence-electron chi connectivity index (χ2n) is 8.18. The number of carbonyl (C=O) groups excluding carboxylic acids is 1. The fraction of sp³-hybridized carbons (Fsp3) is 0.375. The van der Waals surface area contributed by atoms with Crippen molar-refractivity contribution in [1.82, 2.24) is 14.8 Å². The fourth-order valence-electron chi connectivity index (χ4n) is 4.74. The lowest BCUT2D eigenvalue weighted by molar-refractivity contribution is 0.0371. The summed E-state index contributed by atoms with van der Waals surface area (Å²) in [5.74, 6) is 0.619. The summed E-state index contributed by atoms with van der Waals surface area (Å²) in [5, 5.41) is 1.08. The number of hydrogen-bond acceptors (Lipinski definition) is 3. The number of ether oxygens (including phenoxy) is 1. The van der Waals surface area contributed by atoms with E-state index in [1.54, 1.807) is 0 Å². The maximum absolute atomic E-state index is 13.3. The van der Waals surface area contributed by atoms with Crippen LogP contribution in [0.3, 0.4) is 0 Å². The molecular weight excluding hydrogens is 362 g/mol. The predicted octanol–water partition coefficient (Wildman–Crippen LogP) is 3.53. The second-order valence-corrected chi connectivity index (χ2v) is 8.18. The molecule has 2 aromatic carbocycles. The van der Waals surface area contributed by atoms with Crippen molar-refractivity contribution in [2.75, 3.05) is 32.8 Å². The molecule has 0 spiro atoms. The van der Waals surface area contributed by atoms with Crippen molar-refractivity contribution in [2.45, 2.75) is 19.0 Å². The molecule has 2 atom stereocenters. The largest absolute Gasteiger partial charge is 0.380 e. The molecule has 0 saturated carbocycles. The molecule has 3 aromatic rings. The van der Waals surface area contributed by atoms with Gasteiger partial charge in [0.2, 0.25) is 0 Å². The van der Waals surface area contributed by atoms with Crippen LogP contribution in [-0.4, -0.2) is 59.6 Å². The Morgan fingerprint density at radius 2 is 2.00 bits per heavy atom. The monoisotopic (exact) mass is 389 g/mol. The minimum Gasteiger partial charge on any atom is -0.380 e. The Hall–Kier alpha value is -2.63. The van der Waals surface area contributed by atoms with E-state index in [4.69, 9.17) is 4.74 Å². The molecular formula is C24H27N3O2. The molecule has 5 nitrogen and oxygen atoms in total. The van der Waals surface area contributed by atoms with Gasteiger partial charge in [0.1, 0.15) is 0 Å². The molecule has 0 radical (unpaired) electrons. The van der Waals surface area contributed by atoms with Crippen molar-refractivity contribution in [3.05, 3.63) is 71.9 Å². The SMILES string of the molecule is O=C(c1ccc2[nH]ccc2c1)N1CC[C@@H]2COCCN(Cc3ccccc3)[C@@H]2C1. The zero-order valence-corrected chi connectivity index (χ0v) is 16.6. The molecule has 2 saturated heterocycles. The number of nitrogens with one attached hydrogen (secondary N) is 1. The van der Waals surface area contributed by atoms with Gasteiger partial charge in [0.05, 0.1) is 13.2 Å². The van der Waals surface area contributed by atoms with E-state index >= 15 is 0 Å². The Bertz CT molecular complexity index is 984. The fourth-order valence-corrected chi connectivity index (χ4v) is 4.74. The van der Waals surface area contributed by atoms with E-state index in [9.17, 15) is 4.79 Å². The number of aromatic amines is 1. The number of aromatic nitrogens is 1. The topological polar surface area (TPSA) is 48.6 Å². The van der Waals surface area contributed by atoms with Gasteiger partial charge in [0.25, 0.3) is 5.91 Å². The molecule has 0 aliphatic carbocycles. The number of piperidine rings is 1. The van der Waals surface area contributed by atoms with Crippen LogP contribution in [0.2, 0.25) is 0 Å². The van der Waals surface area contributed by atoms with Crippen molar-refractivity contribution in [3.63, 3.8) is 0 Å². The van der Waals surface area contributed by atoms with E-state index in [0.717, 1.165) is 62.3 Å². The summed E-state index contributed by atoms with van der Waals surface area (Å²) >= 11 is 0. The number of likely N-dealkylation sites (tertiary alicyclic amines) is 1. The van der Waals surface area contributed by atoms with Gasteiger partial charge >= 0.3 is 0 Å². The van der Waals surface area contributed by atoms with E-state index in [0.29, 0.717) is 12.0 Å². The van der Waals surface area contributed by atoms with Gasteiger partial charge in [-0.15, -0.1) is 0 Å². The van der Waals surface area contributed by atoms with Crippen LogP contribution in [0.25, 0.3) is 10.9 Å². The molecule has 2 fully saturated rings. The third-order valence-corrected chi connectivity index (χ3v) is 6.36. The Kier molecular flexibility index (Phi) is 5.08. The van der Waals surface area contributed by atoms with Crippen molar-refractivity contribution < 1.29 is 9.53 Å². The van der Waals surface area contributed by atoms with Crippen LogP contribution in [0.4, 0.5) is 0 Å². The number of benzene rings is 2. The third-order valence-electron chi connectivity index (χ3n) is 6.36. The first-order chi connectivity index (χ1) is 14.3. The highest BCUT2D eigenvalue weighted by Crippen LogP contribution is 2.28. The first-order valence-electron chi connectivity index (χ1n) is 10.5. The number of hydrogen-bond donors (Lipinski definition) is 1. The summed E-state index contributed by atoms with van der Waals surface area (Å²) in [7, 11) is 0. The van der Waals surface area contributed by atoms with Gasteiger partial charge in [-0.25, -0.2) is 0 Å². The molecule has 29 heavy (non-hydrogen) atoms. The normalized spacial score (nSPS) is 23.0.